The van der Waals surface area contributed by atoms with Crippen molar-refractivity contribution in [1.82, 2.24) is 10.2 Å². The Morgan fingerprint density at radius 2 is 2.00 bits per heavy atom. The molecule has 2 atom stereocenters. The van der Waals surface area contributed by atoms with Gasteiger partial charge in [-0.25, -0.2) is 0 Å². The molecule has 0 radical (unpaired) electrons. The van der Waals surface area contributed by atoms with Crippen LogP contribution in [0.4, 0.5) is 0 Å². The zero-order valence-corrected chi connectivity index (χ0v) is 11.9. The molecule has 2 saturated carbocycles. The Morgan fingerprint density at radius 1 is 1.26 bits per heavy atom. The third-order valence-corrected chi connectivity index (χ3v) is 4.78. The molecule has 2 unspecified atom stereocenters. The molecule has 1 aliphatic heterocycles. The third-order valence-electron chi connectivity index (χ3n) is 4.78. The predicted molar refractivity (Wildman–Crippen MR) is 73.6 cm³/mol. The zero-order chi connectivity index (χ0) is 13.2. The third kappa shape index (κ3) is 3.11. The van der Waals surface area contributed by atoms with Crippen LogP contribution < -0.4 is 5.32 Å². The van der Waals surface area contributed by atoms with Crippen LogP contribution in [0, 0.1) is 11.8 Å². The highest BCUT2D eigenvalue weighted by molar-refractivity contribution is 5.83. The summed E-state index contributed by atoms with van der Waals surface area (Å²) in [5.41, 5.74) is 0. The lowest BCUT2D eigenvalue weighted by Crippen LogP contribution is -2.44. The number of carbonyl (C=O) groups is 1. The first kappa shape index (κ1) is 13.4. The van der Waals surface area contributed by atoms with Gasteiger partial charge in [-0.15, -0.1) is 0 Å². The standard InChI is InChI=1S/C15H26N2O2/c1-11-15(18)17(8-9-19-10-12-6-7-12)14(16-11)13-4-2-3-5-13/h11-14,16H,2-10H2,1H3. The van der Waals surface area contributed by atoms with E-state index < -0.39 is 0 Å². The van der Waals surface area contributed by atoms with Crippen molar-refractivity contribution >= 4 is 5.91 Å². The highest BCUT2D eigenvalue weighted by Crippen LogP contribution is 2.32. The first-order chi connectivity index (χ1) is 9.25. The lowest BCUT2D eigenvalue weighted by Gasteiger charge is -2.29. The molecule has 1 heterocycles. The number of amides is 1. The summed E-state index contributed by atoms with van der Waals surface area (Å²) in [6, 6.07) is -0.0194. The van der Waals surface area contributed by atoms with E-state index in [9.17, 15) is 4.79 Å². The summed E-state index contributed by atoms with van der Waals surface area (Å²) >= 11 is 0. The van der Waals surface area contributed by atoms with Crippen LogP contribution in [0.25, 0.3) is 0 Å². The van der Waals surface area contributed by atoms with E-state index in [1.165, 1.54) is 38.5 Å². The fraction of sp³-hybridized carbons (Fsp3) is 0.933. The maximum Gasteiger partial charge on any atom is 0.240 e. The summed E-state index contributed by atoms with van der Waals surface area (Å²) in [5.74, 6) is 1.71. The average Bonchev–Trinajstić information content (AvgIpc) is 2.98. The molecule has 0 bridgehead atoms. The van der Waals surface area contributed by atoms with Gasteiger partial charge in [0.25, 0.3) is 0 Å². The van der Waals surface area contributed by atoms with E-state index >= 15 is 0 Å². The fourth-order valence-electron chi connectivity index (χ4n) is 3.41. The number of ether oxygens (including phenoxy) is 1. The lowest BCUT2D eigenvalue weighted by atomic mass is 10.0. The van der Waals surface area contributed by atoms with Crippen LogP contribution in [0.5, 0.6) is 0 Å². The molecule has 0 aromatic carbocycles. The monoisotopic (exact) mass is 266 g/mol. The molecule has 1 saturated heterocycles. The molecule has 2 aliphatic carbocycles. The van der Waals surface area contributed by atoms with Crippen molar-refractivity contribution in [2.45, 2.75) is 57.7 Å². The Hall–Kier alpha value is -0.610. The van der Waals surface area contributed by atoms with Gasteiger partial charge in [0, 0.05) is 13.2 Å². The summed E-state index contributed by atoms with van der Waals surface area (Å²) < 4.78 is 5.69. The van der Waals surface area contributed by atoms with Crippen molar-refractivity contribution in [3.05, 3.63) is 0 Å². The number of rotatable bonds is 6. The van der Waals surface area contributed by atoms with E-state index in [2.05, 4.69) is 5.32 Å². The molecular weight excluding hydrogens is 240 g/mol. The lowest BCUT2D eigenvalue weighted by molar-refractivity contribution is -0.131. The molecule has 19 heavy (non-hydrogen) atoms. The fourth-order valence-corrected chi connectivity index (χ4v) is 3.41. The van der Waals surface area contributed by atoms with Crippen LogP contribution in [0.15, 0.2) is 0 Å². The van der Waals surface area contributed by atoms with E-state index in [0.717, 1.165) is 19.1 Å². The largest absolute Gasteiger partial charge is 0.379 e. The molecule has 0 aromatic rings. The minimum atomic E-state index is -0.0194. The molecule has 108 valence electrons. The Labute approximate surface area is 115 Å². The summed E-state index contributed by atoms with van der Waals surface area (Å²) in [6.45, 7) is 4.32. The zero-order valence-electron chi connectivity index (χ0n) is 11.9. The van der Waals surface area contributed by atoms with Crippen LogP contribution in [-0.4, -0.2) is 42.8 Å². The van der Waals surface area contributed by atoms with E-state index in [0.29, 0.717) is 12.5 Å². The van der Waals surface area contributed by atoms with Crippen LogP contribution in [-0.2, 0) is 9.53 Å². The van der Waals surface area contributed by atoms with Gasteiger partial charge in [-0.05, 0) is 44.4 Å². The van der Waals surface area contributed by atoms with Gasteiger partial charge in [0.05, 0.1) is 18.8 Å². The van der Waals surface area contributed by atoms with Crippen molar-refractivity contribution in [3.8, 4) is 0 Å². The second-order valence-corrected chi connectivity index (χ2v) is 6.43. The molecule has 4 nitrogen and oxygen atoms in total. The number of nitrogens with one attached hydrogen (secondary N) is 1. The van der Waals surface area contributed by atoms with Crippen LogP contribution in [0.2, 0.25) is 0 Å². The smallest absolute Gasteiger partial charge is 0.240 e. The summed E-state index contributed by atoms with van der Waals surface area (Å²) in [6.07, 6.45) is 8.07. The minimum Gasteiger partial charge on any atom is -0.379 e. The van der Waals surface area contributed by atoms with Crippen LogP contribution >= 0.6 is 0 Å². The quantitative estimate of drug-likeness (QED) is 0.745. The van der Waals surface area contributed by atoms with E-state index in [4.69, 9.17) is 4.74 Å². The molecular formula is C15H26N2O2. The molecule has 0 aromatic heterocycles. The van der Waals surface area contributed by atoms with Gasteiger partial charge in [-0.1, -0.05) is 12.8 Å². The molecule has 3 rings (SSSR count). The van der Waals surface area contributed by atoms with Gasteiger partial charge in [-0.2, -0.15) is 0 Å². The minimum absolute atomic E-state index is 0.0194. The molecule has 4 heteroatoms. The van der Waals surface area contributed by atoms with Crippen LogP contribution in [0.1, 0.15) is 45.4 Å². The van der Waals surface area contributed by atoms with Gasteiger partial charge >= 0.3 is 0 Å². The Kier molecular flexibility index (Phi) is 4.08. The van der Waals surface area contributed by atoms with Gasteiger partial charge in [-0.3, -0.25) is 10.1 Å². The normalized spacial score (nSPS) is 32.5. The number of hydrogen-bond acceptors (Lipinski definition) is 3. The highest BCUT2D eigenvalue weighted by Gasteiger charge is 2.40. The molecule has 3 aliphatic rings. The first-order valence-electron chi connectivity index (χ1n) is 7.90. The summed E-state index contributed by atoms with van der Waals surface area (Å²) in [5, 5.41) is 3.48. The van der Waals surface area contributed by atoms with Gasteiger partial charge in [0.1, 0.15) is 0 Å². The molecule has 1 N–H and O–H groups in total. The topological polar surface area (TPSA) is 41.6 Å². The Bertz CT molecular complexity index is 324. The Morgan fingerprint density at radius 3 is 2.68 bits per heavy atom. The number of nitrogens with zero attached hydrogens (tertiary/aromatic N) is 1. The van der Waals surface area contributed by atoms with Crippen LogP contribution in [0.3, 0.4) is 0 Å². The summed E-state index contributed by atoms with van der Waals surface area (Å²) in [7, 11) is 0. The van der Waals surface area contributed by atoms with E-state index in [-0.39, 0.29) is 18.1 Å². The van der Waals surface area contributed by atoms with Gasteiger partial charge < -0.3 is 9.64 Å². The Balaban J connectivity index is 1.50. The van der Waals surface area contributed by atoms with Crippen molar-refractivity contribution in [1.29, 1.82) is 0 Å². The second-order valence-electron chi connectivity index (χ2n) is 6.43. The SMILES string of the molecule is CC1NC(C2CCCC2)N(CCOCC2CC2)C1=O. The van der Waals surface area contributed by atoms with Gasteiger partial charge in [0.15, 0.2) is 0 Å². The number of hydrogen-bond donors (Lipinski definition) is 1. The molecule has 3 fully saturated rings. The van der Waals surface area contributed by atoms with Crippen molar-refractivity contribution in [2.75, 3.05) is 19.8 Å². The predicted octanol–water partition coefficient (Wildman–Crippen LogP) is 1.75. The number of carbonyl (C=O) groups excluding carboxylic acids is 1. The highest BCUT2D eigenvalue weighted by atomic mass is 16.5. The maximum absolute atomic E-state index is 12.2. The van der Waals surface area contributed by atoms with Crippen molar-refractivity contribution < 1.29 is 9.53 Å². The maximum atomic E-state index is 12.2. The van der Waals surface area contributed by atoms with E-state index in [1.807, 2.05) is 11.8 Å². The molecule has 0 spiro atoms. The second kappa shape index (κ2) is 5.80. The van der Waals surface area contributed by atoms with Gasteiger partial charge in [0.2, 0.25) is 5.91 Å². The van der Waals surface area contributed by atoms with Crippen molar-refractivity contribution in [3.63, 3.8) is 0 Å². The summed E-state index contributed by atoms with van der Waals surface area (Å²) in [4.78, 5) is 14.3. The average molecular weight is 266 g/mol. The molecule has 1 amide bonds. The van der Waals surface area contributed by atoms with Crippen molar-refractivity contribution in [2.24, 2.45) is 11.8 Å². The first-order valence-corrected chi connectivity index (χ1v) is 7.90. The van der Waals surface area contributed by atoms with E-state index in [1.54, 1.807) is 0 Å².